The Bertz CT molecular complexity index is 1280. The van der Waals surface area contributed by atoms with Crippen molar-refractivity contribution in [3.63, 3.8) is 0 Å². The fraction of sp³-hybridized carbons (Fsp3) is 0.462. The summed E-state index contributed by atoms with van der Waals surface area (Å²) in [6, 6.07) is 3.73. The summed E-state index contributed by atoms with van der Waals surface area (Å²) < 4.78 is 6.20. The summed E-state index contributed by atoms with van der Waals surface area (Å²) in [6.07, 6.45) is 7.97. The summed E-state index contributed by atoms with van der Waals surface area (Å²) in [6.45, 7) is 3.71. The van der Waals surface area contributed by atoms with Crippen LogP contribution in [0.5, 0.6) is 5.75 Å². The van der Waals surface area contributed by atoms with E-state index in [4.69, 9.17) is 15.9 Å². The third-order valence-corrected chi connectivity index (χ3v) is 8.28. The minimum Gasteiger partial charge on any atom is -0.490 e. The third kappa shape index (κ3) is 4.87. The molecule has 1 amide bonds. The lowest BCUT2D eigenvalue weighted by Gasteiger charge is -2.24. The van der Waals surface area contributed by atoms with E-state index in [-0.39, 0.29) is 11.8 Å². The monoisotopic (exact) mass is 508 g/mol. The lowest BCUT2D eigenvalue weighted by molar-refractivity contribution is -0.133. The van der Waals surface area contributed by atoms with Crippen LogP contribution in [0.4, 0.5) is 17.2 Å². The van der Waals surface area contributed by atoms with Gasteiger partial charge in [-0.25, -0.2) is 9.97 Å². The molecule has 1 aliphatic carbocycles. The second-order valence-electron chi connectivity index (χ2n) is 9.74. The predicted molar refractivity (Wildman–Crippen MR) is 144 cm³/mol. The highest BCUT2D eigenvalue weighted by molar-refractivity contribution is 7.19. The number of carbonyl (C=O) groups excluding carboxylic acids is 1. The number of hydrogen-bond acceptors (Lipinski definition) is 8. The minimum atomic E-state index is 0.0142. The molecule has 0 saturated carbocycles. The zero-order valence-corrected chi connectivity index (χ0v) is 21.7. The molecule has 1 saturated heterocycles. The number of likely N-dealkylation sites (tertiary alicyclic amines) is 1. The fourth-order valence-corrected chi connectivity index (χ4v) is 6.44. The number of aromatic nitrogens is 2. The molecule has 0 radical (unpaired) electrons. The highest BCUT2D eigenvalue weighted by Crippen LogP contribution is 2.41. The van der Waals surface area contributed by atoms with Crippen LogP contribution >= 0.6 is 11.3 Å². The number of rotatable bonds is 8. The number of benzene rings is 1. The van der Waals surface area contributed by atoms with E-state index in [9.17, 15) is 4.79 Å². The molecule has 0 bridgehead atoms. The Morgan fingerprint density at radius 3 is 2.89 bits per heavy atom. The van der Waals surface area contributed by atoms with Crippen LogP contribution in [0.1, 0.15) is 35.3 Å². The Labute approximate surface area is 215 Å². The van der Waals surface area contributed by atoms with Gasteiger partial charge >= 0.3 is 0 Å². The van der Waals surface area contributed by atoms with Crippen LogP contribution < -0.4 is 21.2 Å². The summed E-state index contributed by atoms with van der Waals surface area (Å²) >= 11 is 1.65. The SMILES string of the molecule is CN(C)C(=O)[C@H]1CCc2c(sc3ncnc(Nc4cc(C=[NH2+])c(N)cc4OCCN4CCCC4)c23)C1. The third-order valence-electron chi connectivity index (χ3n) is 7.12. The number of thiophene rings is 1. The first-order chi connectivity index (χ1) is 17.4. The quantitative estimate of drug-likeness (QED) is 0.314. The fourth-order valence-electron chi connectivity index (χ4n) is 5.17. The van der Waals surface area contributed by atoms with Crippen LogP contribution in [0.25, 0.3) is 10.2 Å². The van der Waals surface area contributed by atoms with Gasteiger partial charge < -0.3 is 20.7 Å². The molecule has 1 atom stereocenters. The van der Waals surface area contributed by atoms with Crippen molar-refractivity contribution in [2.45, 2.75) is 32.1 Å². The molecule has 1 fully saturated rings. The Morgan fingerprint density at radius 1 is 1.33 bits per heavy atom. The number of nitrogens with one attached hydrogen (secondary N) is 1. The van der Waals surface area contributed by atoms with E-state index in [1.54, 1.807) is 22.6 Å². The van der Waals surface area contributed by atoms with Crippen molar-refractivity contribution in [2.24, 2.45) is 5.92 Å². The maximum Gasteiger partial charge on any atom is 0.225 e. The van der Waals surface area contributed by atoms with Crippen molar-refractivity contribution < 1.29 is 14.9 Å². The van der Waals surface area contributed by atoms with Crippen molar-refractivity contribution in [2.75, 3.05) is 51.4 Å². The molecule has 1 aromatic carbocycles. The predicted octanol–water partition coefficient (Wildman–Crippen LogP) is 1.86. The van der Waals surface area contributed by atoms with Crippen LogP contribution in [0.15, 0.2) is 18.5 Å². The molecule has 2 aromatic heterocycles. The van der Waals surface area contributed by atoms with E-state index < -0.39 is 0 Å². The Balaban J connectivity index is 1.44. The van der Waals surface area contributed by atoms with Crippen LogP contribution in [-0.4, -0.2) is 72.2 Å². The number of hydrogen-bond donors (Lipinski definition) is 3. The average molecular weight is 509 g/mol. The van der Waals surface area contributed by atoms with Crippen LogP contribution in [0.3, 0.4) is 0 Å². The first-order valence-corrected chi connectivity index (χ1v) is 13.3. The van der Waals surface area contributed by atoms with Gasteiger partial charge in [0.2, 0.25) is 5.91 Å². The zero-order valence-electron chi connectivity index (χ0n) is 20.9. The molecule has 0 spiro atoms. The number of nitrogen functional groups attached to an aromatic ring is 1. The number of amides is 1. The molecule has 5 rings (SSSR count). The number of fused-ring (bicyclic) bond motifs is 3. The molecule has 5 N–H and O–H groups in total. The minimum absolute atomic E-state index is 0.0142. The first kappa shape index (κ1) is 24.5. The largest absolute Gasteiger partial charge is 0.490 e. The Hall–Kier alpha value is -3.24. The summed E-state index contributed by atoms with van der Waals surface area (Å²) in [7, 11) is 3.64. The second-order valence-corrected chi connectivity index (χ2v) is 10.8. The molecule has 9 nitrogen and oxygen atoms in total. The van der Waals surface area contributed by atoms with Crippen molar-refractivity contribution in [1.82, 2.24) is 19.8 Å². The van der Waals surface area contributed by atoms with E-state index in [1.807, 2.05) is 26.2 Å². The smallest absolute Gasteiger partial charge is 0.225 e. The topological polar surface area (TPSA) is 122 Å². The number of nitrogens with zero attached hydrogens (tertiary/aromatic N) is 4. The van der Waals surface area contributed by atoms with E-state index in [0.29, 0.717) is 18.0 Å². The number of ether oxygens (including phenoxy) is 1. The summed E-state index contributed by atoms with van der Waals surface area (Å²) in [4.78, 5) is 28.0. The van der Waals surface area contributed by atoms with Crippen LogP contribution in [0.2, 0.25) is 0 Å². The summed E-state index contributed by atoms with van der Waals surface area (Å²) in [5.74, 6) is 1.60. The van der Waals surface area contributed by atoms with Gasteiger partial charge in [-0.15, -0.1) is 11.3 Å². The molecule has 10 heteroatoms. The van der Waals surface area contributed by atoms with Crippen molar-refractivity contribution >= 4 is 50.9 Å². The second kappa shape index (κ2) is 10.4. The van der Waals surface area contributed by atoms with E-state index in [1.165, 1.54) is 29.5 Å². The van der Waals surface area contributed by atoms with Crippen molar-refractivity contribution in [3.05, 3.63) is 34.5 Å². The number of anilines is 3. The van der Waals surface area contributed by atoms with Gasteiger partial charge in [-0.05, 0) is 56.8 Å². The Morgan fingerprint density at radius 2 is 2.14 bits per heavy atom. The lowest BCUT2D eigenvalue weighted by Crippen LogP contribution is -2.32. The van der Waals surface area contributed by atoms with Gasteiger partial charge in [0.1, 0.15) is 29.3 Å². The lowest BCUT2D eigenvalue weighted by atomic mass is 9.87. The van der Waals surface area contributed by atoms with Gasteiger partial charge in [0.15, 0.2) is 6.21 Å². The van der Waals surface area contributed by atoms with E-state index in [2.05, 4.69) is 20.2 Å². The van der Waals surface area contributed by atoms with Gasteiger partial charge in [-0.1, -0.05) is 0 Å². The normalized spacial score (nSPS) is 17.7. The summed E-state index contributed by atoms with van der Waals surface area (Å²) in [5.41, 5.74) is 9.52. The van der Waals surface area contributed by atoms with E-state index >= 15 is 0 Å². The molecule has 3 heterocycles. The van der Waals surface area contributed by atoms with Gasteiger partial charge in [-0.3, -0.25) is 15.1 Å². The van der Waals surface area contributed by atoms with Crippen molar-refractivity contribution in [1.29, 1.82) is 0 Å². The van der Waals surface area contributed by atoms with Gasteiger partial charge in [0.25, 0.3) is 0 Å². The van der Waals surface area contributed by atoms with Crippen LogP contribution in [-0.2, 0) is 17.6 Å². The molecule has 3 aromatic rings. The average Bonchev–Trinajstić information content (AvgIpc) is 3.52. The highest BCUT2D eigenvalue weighted by Gasteiger charge is 2.30. The molecule has 190 valence electrons. The van der Waals surface area contributed by atoms with Crippen LogP contribution in [0, 0.1) is 5.92 Å². The van der Waals surface area contributed by atoms with Gasteiger partial charge in [0.05, 0.1) is 16.6 Å². The van der Waals surface area contributed by atoms with Gasteiger partial charge in [0, 0.05) is 43.2 Å². The molecular formula is C26H34N7O2S+. The highest BCUT2D eigenvalue weighted by atomic mass is 32.1. The first-order valence-electron chi connectivity index (χ1n) is 12.5. The number of carbonyl (C=O) groups is 1. The van der Waals surface area contributed by atoms with Gasteiger partial charge in [-0.2, -0.15) is 0 Å². The standard InChI is InChI=1S/C26H33N7O2S/c1-32(2)26(34)16-5-6-18-22(12-16)36-25-23(18)24(29-15-30-25)31-20-11-17(14-27)19(28)13-21(20)35-10-9-33-7-3-4-8-33/h11,13-16,27H,3-10,12,28H2,1-2H3,(H,29,30,31)/p+1/t16-/m0/s1. The molecule has 1 aliphatic heterocycles. The molecule has 2 aliphatic rings. The molecular weight excluding hydrogens is 474 g/mol. The molecule has 36 heavy (non-hydrogen) atoms. The zero-order chi connectivity index (χ0) is 25.2. The maximum atomic E-state index is 12.6. The Kier molecular flexibility index (Phi) is 7.06. The number of aryl methyl sites for hydroxylation is 1. The van der Waals surface area contributed by atoms with Crippen molar-refractivity contribution in [3.8, 4) is 5.75 Å². The maximum absolute atomic E-state index is 12.6. The summed E-state index contributed by atoms with van der Waals surface area (Å²) in [5, 5.41) is 10.3. The molecule has 0 unspecified atom stereocenters. The number of nitrogens with two attached hydrogens (primary N) is 2. The van der Waals surface area contributed by atoms with E-state index in [0.717, 1.165) is 66.2 Å².